The summed E-state index contributed by atoms with van der Waals surface area (Å²) in [6.07, 6.45) is 8.31. The Morgan fingerprint density at radius 1 is 1.35 bits per heavy atom. The lowest BCUT2D eigenvalue weighted by Gasteiger charge is -2.35. The van der Waals surface area contributed by atoms with Crippen LogP contribution in [0, 0.1) is 0 Å². The maximum Gasteiger partial charge on any atom is 0.156 e. The van der Waals surface area contributed by atoms with Gasteiger partial charge in [0.1, 0.15) is 0 Å². The summed E-state index contributed by atoms with van der Waals surface area (Å²) in [4.78, 5) is 2.38. The van der Waals surface area contributed by atoms with Gasteiger partial charge in [-0.2, -0.15) is 5.10 Å². The van der Waals surface area contributed by atoms with E-state index in [0.717, 1.165) is 17.9 Å². The van der Waals surface area contributed by atoms with Crippen LogP contribution in [0.15, 0.2) is 12.3 Å². The predicted molar refractivity (Wildman–Crippen MR) is 69.8 cm³/mol. The molecular formula is C13H22N4. The molecule has 1 heterocycles. The van der Waals surface area contributed by atoms with Crippen LogP contribution < -0.4 is 10.6 Å². The first-order valence-electron chi connectivity index (χ1n) is 6.64. The van der Waals surface area contributed by atoms with E-state index in [9.17, 15) is 0 Å². The van der Waals surface area contributed by atoms with Gasteiger partial charge in [-0.1, -0.05) is 19.3 Å². The normalized spacial score (nSPS) is 17.1. The average molecular weight is 234 g/mol. The minimum absolute atomic E-state index is 0.536. The lowest BCUT2D eigenvalue weighted by molar-refractivity contribution is 0.415. The van der Waals surface area contributed by atoms with E-state index in [1.807, 2.05) is 6.07 Å². The van der Waals surface area contributed by atoms with Gasteiger partial charge in [0.2, 0.25) is 0 Å². The van der Waals surface area contributed by atoms with Crippen molar-refractivity contribution in [2.45, 2.75) is 51.6 Å². The van der Waals surface area contributed by atoms with Crippen molar-refractivity contribution in [2.24, 2.45) is 5.73 Å². The summed E-state index contributed by atoms with van der Waals surface area (Å²) in [5, 5.41) is 8.30. The molecule has 94 valence electrons. The van der Waals surface area contributed by atoms with Gasteiger partial charge in [-0.15, -0.1) is 5.10 Å². The first kappa shape index (κ1) is 12.3. The number of hydrogen-bond acceptors (Lipinski definition) is 4. The number of rotatable bonds is 4. The largest absolute Gasteiger partial charge is 0.352 e. The van der Waals surface area contributed by atoms with E-state index in [4.69, 9.17) is 5.73 Å². The second-order valence-electron chi connectivity index (χ2n) is 4.66. The minimum atomic E-state index is 0.536. The third kappa shape index (κ3) is 2.75. The molecule has 0 bridgehead atoms. The molecule has 1 aromatic rings. The molecule has 0 saturated heterocycles. The Labute approximate surface area is 103 Å². The van der Waals surface area contributed by atoms with Crippen LogP contribution in [0.3, 0.4) is 0 Å². The molecule has 4 heteroatoms. The number of aromatic nitrogens is 2. The van der Waals surface area contributed by atoms with E-state index in [1.165, 1.54) is 32.1 Å². The molecule has 2 N–H and O–H groups in total. The van der Waals surface area contributed by atoms with Crippen molar-refractivity contribution in [3.63, 3.8) is 0 Å². The van der Waals surface area contributed by atoms with E-state index >= 15 is 0 Å². The Morgan fingerprint density at radius 2 is 2.12 bits per heavy atom. The molecule has 1 fully saturated rings. The van der Waals surface area contributed by atoms with Crippen LogP contribution in [0.5, 0.6) is 0 Å². The lowest BCUT2D eigenvalue weighted by atomic mass is 9.94. The molecule has 1 aliphatic carbocycles. The summed E-state index contributed by atoms with van der Waals surface area (Å²) in [6.45, 7) is 3.70. The average Bonchev–Trinajstić information content (AvgIpc) is 2.41. The zero-order valence-corrected chi connectivity index (χ0v) is 10.6. The van der Waals surface area contributed by atoms with Crippen molar-refractivity contribution in [1.29, 1.82) is 0 Å². The highest BCUT2D eigenvalue weighted by molar-refractivity contribution is 5.46. The Kier molecular flexibility index (Phi) is 4.31. The van der Waals surface area contributed by atoms with Gasteiger partial charge in [0.05, 0.1) is 6.20 Å². The molecule has 0 aromatic carbocycles. The highest BCUT2D eigenvalue weighted by Gasteiger charge is 2.22. The Balaban J connectivity index is 2.21. The molecule has 1 saturated carbocycles. The maximum absolute atomic E-state index is 5.78. The summed E-state index contributed by atoms with van der Waals surface area (Å²) in [6, 6.07) is 2.60. The van der Waals surface area contributed by atoms with Crippen molar-refractivity contribution < 1.29 is 0 Å². The van der Waals surface area contributed by atoms with Crippen LogP contribution in [-0.4, -0.2) is 22.8 Å². The van der Waals surface area contributed by atoms with E-state index in [1.54, 1.807) is 6.20 Å². The van der Waals surface area contributed by atoms with Gasteiger partial charge in [0, 0.05) is 24.7 Å². The third-order valence-corrected chi connectivity index (χ3v) is 3.63. The van der Waals surface area contributed by atoms with E-state index in [-0.39, 0.29) is 0 Å². The zero-order chi connectivity index (χ0) is 12.1. The smallest absolute Gasteiger partial charge is 0.156 e. The van der Waals surface area contributed by atoms with Gasteiger partial charge in [-0.05, 0) is 25.8 Å². The fourth-order valence-electron chi connectivity index (χ4n) is 2.72. The van der Waals surface area contributed by atoms with Gasteiger partial charge < -0.3 is 10.6 Å². The van der Waals surface area contributed by atoms with E-state index < -0.39 is 0 Å². The molecular weight excluding hydrogens is 212 g/mol. The fourth-order valence-corrected chi connectivity index (χ4v) is 2.72. The van der Waals surface area contributed by atoms with Gasteiger partial charge in [0.15, 0.2) is 5.82 Å². The van der Waals surface area contributed by atoms with E-state index in [0.29, 0.717) is 12.6 Å². The van der Waals surface area contributed by atoms with Gasteiger partial charge in [-0.25, -0.2) is 0 Å². The molecule has 2 rings (SSSR count). The summed E-state index contributed by atoms with van der Waals surface area (Å²) in [5.74, 6) is 0.990. The Hall–Kier alpha value is -1.16. The quantitative estimate of drug-likeness (QED) is 0.866. The zero-order valence-electron chi connectivity index (χ0n) is 10.6. The summed E-state index contributed by atoms with van der Waals surface area (Å²) in [5.41, 5.74) is 6.88. The Bertz CT molecular complexity index is 347. The lowest BCUT2D eigenvalue weighted by Crippen LogP contribution is -2.38. The van der Waals surface area contributed by atoms with Crippen LogP contribution in [0.25, 0.3) is 0 Å². The first-order valence-corrected chi connectivity index (χ1v) is 6.64. The molecule has 0 unspecified atom stereocenters. The van der Waals surface area contributed by atoms with Crippen molar-refractivity contribution in [2.75, 3.05) is 11.4 Å². The molecule has 1 aliphatic rings. The molecule has 0 atom stereocenters. The van der Waals surface area contributed by atoms with Gasteiger partial charge in [-0.3, -0.25) is 0 Å². The highest BCUT2D eigenvalue weighted by atomic mass is 15.3. The van der Waals surface area contributed by atoms with Crippen LogP contribution >= 0.6 is 0 Å². The fraction of sp³-hybridized carbons (Fsp3) is 0.692. The summed E-state index contributed by atoms with van der Waals surface area (Å²) >= 11 is 0. The topological polar surface area (TPSA) is 55.0 Å². The van der Waals surface area contributed by atoms with Crippen LogP contribution in [0.2, 0.25) is 0 Å². The molecule has 0 radical (unpaired) electrons. The number of anilines is 1. The SMILES string of the molecule is CCN(c1nnccc1CN)C1CCCCC1. The van der Waals surface area contributed by atoms with Crippen LogP contribution in [0.1, 0.15) is 44.6 Å². The first-order chi connectivity index (χ1) is 8.36. The van der Waals surface area contributed by atoms with Crippen molar-refractivity contribution >= 4 is 5.82 Å². The molecule has 0 amide bonds. The predicted octanol–water partition coefficient (Wildman–Crippen LogP) is 2.09. The van der Waals surface area contributed by atoms with Crippen LogP contribution in [-0.2, 0) is 6.54 Å². The van der Waals surface area contributed by atoms with Crippen molar-refractivity contribution in [1.82, 2.24) is 10.2 Å². The summed E-state index contributed by atoms with van der Waals surface area (Å²) in [7, 11) is 0. The monoisotopic (exact) mass is 234 g/mol. The molecule has 0 spiro atoms. The molecule has 0 aliphatic heterocycles. The second-order valence-corrected chi connectivity index (χ2v) is 4.66. The van der Waals surface area contributed by atoms with E-state index in [2.05, 4.69) is 22.0 Å². The third-order valence-electron chi connectivity index (χ3n) is 3.63. The highest BCUT2D eigenvalue weighted by Crippen LogP contribution is 2.27. The van der Waals surface area contributed by atoms with Crippen LogP contribution in [0.4, 0.5) is 5.82 Å². The second kappa shape index (κ2) is 5.96. The van der Waals surface area contributed by atoms with Gasteiger partial charge >= 0.3 is 0 Å². The van der Waals surface area contributed by atoms with Crippen molar-refractivity contribution in [3.8, 4) is 0 Å². The summed E-state index contributed by atoms with van der Waals surface area (Å²) < 4.78 is 0. The number of hydrogen-bond donors (Lipinski definition) is 1. The number of nitrogens with two attached hydrogens (primary N) is 1. The standard InChI is InChI=1S/C13H22N4/c1-2-17(12-6-4-3-5-7-12)13-11(10-14)8-9-15-16-13/h8-9,12H,2-7,10,14H2,1H3. The number of nitrogens with zero attached hydrogens (tertiary/aromatic N) is 3. The molecule has 1 aromatic heterocycles. The molecule has 17 heavy (non-hydrogen) atoms. The maximum atomic E-state index is 5.78. The minimum Gasteiger partial charge on any atom is -0.352 e. The molecule has 4 nitrogen and oxygen atoms in total. The van der Waals surface area contributed by atoms with Gasteiger partial charge in [0.25, 0.3) is 0 Å². The Morgan fingerprint density at radius 3 is 2.76 bits per heavy atom. The van der Waals surface area contributed by atoms with Crippen molar-refractivity contribution in [3.05, 3.63) is 17.8 Å².